The van der Waals surface area contributed by atoms with Crippen molar-refractivity contribution in [2.45, 2.75) is 13.8 Å². The van der Waals surface area contributed by atoms with Crippen LogP contribution >= 0.6 is 0 Å². The van der Waals surface area contributed by atoms with E-state index in [1.165, 1.54) is 12.1 Å². The second-order valence-corrected chi connectivity index (χ2v) is 9.10. The molecule has 35 heavy (non-hydrogen) atoms. The molecule has 3 aromatic rings. The molecule has 1 aromatic heterocycles. The number of likely N-dealkylation sites (N-methyl/N-ethyl adjacent to an activating group) is 1. The fraction of sp³-hybridized carbons (Fsp3) is 0.259. The molecule has 0 unspecified atom stereocenters. The first-order valence-electron chi connectivity index (χ1n) is 11.5. The van der Waals surface area contributed by atoms with Crippen LogP contribution in [0, 0.1) is 25.5 Å². The molecule has 2 N–H and O–H groups in total. The Hall–Kier alpha value is -3.78. The van der Waals surface area contributed by atoms with Gasteiger partial charge in [-0.25, -0.2) is 8.78 Å². The number of amides is 2. The number of hydrogen-bond acceptors (Lipinski definition) is 3. The molecule has 0 radical (unpaired) electrons. The Balaban J connectivity index is 1.58. The molecule has 2 amide bonds. The molecular formula is C27H26F2N4O2. The van der Waals surface area contributed by atoms with Crippen LogP contribution in [0.4, 0.5) is 14.5 Å². The lowest BCUT2D eigenvalue weighted by molar-refractivity contribution is -0.110. The maximum Gasteiger partial charge on any atom is 0.256 e. The average Bonchev–Trinajstić information content (AvgIpc) is 3.30. The minimum absolute atomic E-state index is 0.0344. The van der Waals surface area contributed by atoms with Gasteiger partial charge in [0.15, 0.2) is 11.6 Å². The number of anilines is 1. The molecule has 2 aliphatic heterocycles. The molecule has 2 aliphatic rings. The van der Waals surface area contributed by atoms with Gasteiger partial charge in [0, 0.05) is 54.4 Å². The summed E-state index contributed by atoms with van der Waals surface area (Å²) < 4.78 is 28.6. The van der Waals surface area contributed by atoms with Crippen LogP contribution in [0.2, 0.25) is 0 Å². The lowest BCUT2D eigenvalue weighted by atomic mass is 9.93. The fourth-order valence-electron chi connectivity index (χ4n) is 4.88. The first-order chi connectivity index (χ1) is 16.8. The van der Waals surface area contributed by atoms with E-state index in [0.717, 1.165) is 30.4 Å². The third-order valence-corrected chi connectivity index (χ3v) is 6.84. The molecule has 8 heteroatoms. The Bertz CT molecular complexity index is 1380. The van der Waals surface area contributed by atoms with Crippen molar-refractivity contribution in [3.8, 4) is 11.1 Å². The standard InChI is InChI=1S/C27H26F2N4O2/c1-15-22(30-16(2)23(15)27(35)33-12-10-32(3)11-13-33)14-19-24-17(6-5-9-21(24)31-26(19)34)18-7-4-8-20(28)25(18)29/h4-9,14,30H,10-13H2,1-3H3,(H,31,34)/b19-14-. The smallest absolute Gasteiger partial charge is 0.256 e. The maximum atomic E-state index is 14.7. The van der Waals surface area contributed by atoms with Crippen molar-refractivity contribution in [3.05, 3.63) is 76.1 Å². The van der Waals surface area contributed by atoms with Crippen molar-refractivity contribution in [1.82, 2.24) is 14.8 Å². The number of hydrogen-bond donors (Lipinski definition) is 2. The SMILES string of the molecule is Cc1[nH]c(/C=C2\C(=O)Nc3cccc(-c4cccc(F)c4F)c32)c(C)c1C(=O)N1CCN(C)CC1. The number of aryl methyl sites for hydroxylation is 1. The number of benzene rings is 2. The van der Waals surface area contributed by atoms with Gasteiger partial charge >= 0.3 is 0 Å². The highest BCUT2D eigenvalue weighted by atomic mass is 19.2. The lowest BCUT2D eigenvalue weighted by Gasteiger charge is -2.32. The highest BCUT2D eigenvalue weighted by molar-refractivity contribution is 6.36. The van der Waals surface area contributed by atoms with Crippen LogP contribution in [0.5, 0.6) is 0 Å². The van der Waals surface area contributed by atoms with Gasteiger partial charge in [-0.2, -0.15) is 0 Å². The Kier molecular flexibility index (Phi) is 5.76. The monoisotopic (exact) mass is 476 g/mol. The average molecular weight is 477 g/mol. The Morgan fingerprint density at radius 3 is 2.43 bits per heavy atom. The molecule has 3 heterocycles. The van der Waals surface area contributed by atoms with Crippen LogP contribution in [0.25, 0.3) is 22.8 Å². The van der Waals surface area contributed by atoms with Crippen molar-refractivity contribution < 1.29 is 18.4 Å². The molecule has 1 saturated heterocycles. The van der Waals surface area contributed by atoms with E-state index in [1.807, 2.05) is 25.8 Å². The molecule has 2 aromatic carbocycles. The van der Waals surface area contributed by atoms with Crippen LogP contribution < -0.4 is 5.32 Å². The van der Waals surface area contributed by atoms with E-state index in [2.05, 4.69) is 15.2 Å². The second-order valence-electron chi connectivity index (χ2n) is 9.10. The van der Waals surface area contributed by atoms with Crippen LogP contribution in [0.15, 0.2) is 36.4 Å². The molecule has 5 rings (SSSR count). The van der Waals surface area contributed by atoms with Gasteiger partial charge in [-0.05, 0) is 50.2 Å². The number of fused-ring (bicyclic) bond motifs is 1. The maximum absolute atomic E-state index is 14.7. The highest BCUT2D eigenvalue weighted by Gasteiger charge is 2.30. The number of nitrogens with zero attached hydrogens (tertiary/aromatic N) is 2. The molecule has 0 bridgehead atoms. The van der Waals surface area contributed by atoms with Gasteiger partial charge in [-0.3, -0.25) is 9.59 Å². The zero-order valence-electron chi connectivity index (χ0n) is 19.8. The van der Waals surface area contributed by atoms with Gasteiger partial charge in [-0.15, -0.1) is 0 Å². The molecule has 6 nitrogen and oxygen atoms in total. The predicted octanol–water partition coefficient (Wildman–Crippen LogP) is 4.46. The van der Waals surface area contributed by atoms with Gasteiger partial charge in [0.1, 0.15) is 0 Å². The van der Waals surface area contributed by atoms with E-state index < -0.39 is 11.6 Å². The second kappa shape index (κ2) is 8.78. The summed E-state index contributed by atoms with van der Waals surface area (Å²) >= 11 is 0. The van der Waals surface area contributed by atoms with Crippen molar-refractivity contribution >= 4 is 29.2 Å². The third kappa shape index (κ3) is 3.93. The Labute approximate surface area is 202 Å². The van der Waals surface area contributed by atoms with E-state index in [9.17, 15) is 18.4 Å². The number of carbonyl (C=O) groups excluding carboxylic acids is 2. The summed E-state index contributed by atoms with van der Waals surface area (Å²) in [6.45, 7) is 6.66. The summed E-state index contributed by atoms with van der Waals surface area (Å²) in [6, 6.07) is 9.08. The highest BCUT2D eigenvalue weighted by Crippen LogP contribution is 2.41. The van der Waals surface area contributed by atoms with Crippen molar-refractivity contribution in [2.24, 2.45) is 0 Å². The van der Waals surface area contributed by atoms with Gasteiger partial charge < -0.3 is 20.1 Å². The summed E-state index contributed by atoms with van der Waals surface area (Å²) in [5.41, 5.74) is 4.54. The topological polar surface area (TPSA) is 68.4 Å². The number of aromatic amines is 1. The van der Waals surface area contributed by atoms with Gasteiger partial charge in [-0.1, -0.05) is 24.3 Å². The zero-order valence-corrected chi connectivity index (χ0v) is 19.8. The van der Waals surface area contributed by atoms with Gasteiger partial charge in [0.25, 0.3) is 11.8 Å². The van der Waals surface area contributed by atoms with E-state index in [0.29, 0.717) is 46.7 Å². The first kappa shape index (κ1) is 23.0. The van der Waals surface area contributed by atoms with Crippen LogP contribution in [0.1, 0.15) is 32.9 Å². The molecule has 0 saturated carbocycles. The minimum Gasteiger partial charge on any atom is -0.358 e. The summed E-state index contributed by atoms with van der Waals surface area (Å²) in [4.78, 5) is 33.5. The van der Waals surface area contributed by atoms with Gasteiger partial charge in [0.05, 0.1) is 11.1 Å². The minimum atomic E-state index is -0.966. The molecule has 180 valence electrons. The zero-order chi connectivity index (χ0) is 24.9. The first-order valence-corrected chi connectivity index (χ1v) is 11.5. The van der Waals surface area contributed by atoms with E-state index in [-0.39, 0.29) is 17.4 Å². The summed E-state index contributed by atoms with van der Waals surface area (Å²) in [6.07, 6.45) is 1.69. The number of carbonyl (C=O) groups is 2. The number of aromatic nitrogens is 1. The van der Waals surface area contributed by atoms with Crippen LogP contribution in [-0.2, 0) is 4.79 Å². The number of nitrogens with one attached hydrogen (secondary N) is 2. The van der Waals surface area contributed by atoms with Crippen LogP contribution in [0.3, 0.4) is 0 Å². The van der Waals surface area contributed by atoms with Crippen LogP contribution in [-0.4, -0.2) is 59.8 Å². The normalized spacial score (nSPS) is 17.1. The number of H-pyrrole nitrogens is 1. The van der Waals surface area contributed by atoms with E-state index >= 15 is 0 Å². The fourth-order valence-corrected chi connectivity index (χ4v) is 4.88. The Morgan fingerprint density at radius 1 is 1.00 bits per heavy atom. The van der Waals surface area contributed by atoms with Gasteiger partial charge in [0.2, 0.25) is 0 Å². The molecule has 0 atom stereocenters. The molecule has 0 spiro atoms. The molecular weight excluding hydrogens is 450 g/mol. The summed E-state index contributed by atoms with van der Waals surface area (Å²) in [5, 5.41) is 2.81. The number of halogens is 2. The predicted molar refractivity (Wildman–Crippen MR) is 132 cm³/mol. The van der Waals surface area contributed by atoms with Crippen molar-refractivity contribution in [3.63, 3.8) is 0 Å². The Morgan fingerprint density at radius 2 is 1.69 bits per heavy atom. The lowest BCUT2D eigenvalue weighted by Crippen LogP contribution is -2.47. The quantitative estimate of drug-likeness (QED) is 0.549. The molecule has 1 fully saturated rings. The summed E-state index contributed by atoms with van der Waals surface area (Å²) in [5.74, 6) is -2.30. The number of rotatable bonds is 3. The summed E-state index contributed by atoms with van der Waals surface area (Å²) in [7, 11) is 2.04. The van der Waals surface area contributed by atoms with E-state index in [1.54, 1.807) is 24.3 Å². The molecule has 0 aliphatic carbocycles. The largest absolute Gasteiger partial charge is 0.358 e. The third-order valence-electron chi connectivity index (χ3n) is 6.84. The van der Waals surface area contributed by atoms with Crippen molar-refractivity contribution in [1.29, 1.82) is 0 Å². The number of piperazine rings is 1. The van der Waals surface area contributed by atoms with Crippen molar-refractivity contribution in [2.75, 3.05) is 38.5 Å². The van der Waals surface area contributed by atoms with E-state index in [4.69, 9.17) is 0 Å².